The summed E-state index contributed by atoms with van der Waals surface area (Å²) in [6.07, 6.45) is 0. The number of ether oxygens (including phenoxy) is 1. The first-order valence-electron chi connectivity index (χ1n) is 6.78. The molecule has 108 valence electrons. The maximum Gasteiger partial charge on any atom is 0.196 e. The second-order valence-electron chi connectivity index (χ2n) is 5.87. The van der Waals surface area contributed by atoms with Crippen molar-refractivity contribution in [3.8, 4) is 5.75 Å². The molecule has 2 rings (SSSR count). The zero-order valence-corrected chi connectivity index (χ0v) is 14.2. The van der Waals surface area contributed by atoms with Gasteiger partial charge in [-0.3, -0.25) is 4.79 Å². The summed E-state index contributed by atoms with van der Waals surface area (Å²) in [7, 11) is -1.35. The molecule has 0 aliphatic rings. The van der Waals surface area contributed by atoms with Crippen molar-refractivity contribution < 1.29 is 9.53 Å². The molecule has 0 N–H and O–H groups in total. The molecular weight excluding hydrogens is 296 g/mol. The molecule has 2 aromatic carbocycles. The number of hydrogen-bond acceptors (Lipinski definition) is 3. The Balaban J connectivity index is 2.34. The van der Waals surface area contributed by atoms with Crippen molar-refractivity contribution in [2.24, 2.45) is 0 Å². The molecule has 0 aliphatic heterocycles. The first kappa shape index (κ1) is 15.6. The summed E-state index contributed by atoms with van der Waals surface area (Å²) in [5, 5.41) is 1.34. The maximum absolute atomic E-state index is 12.6. The zero-order valence-electron chi connectivity index (χ0n) is 12.4. The van der Waals surface area contributed by atoms with Gasteiger partial charge in [-0.2, -0.15) is 0 Å². The highest BCUT2D eigenvalue weighted by atomic mass is 32.1. The fourth-order valence-corrected chi connectivity index (χ4v) is 3.36. The lowest BCUT2D eigenvalue weighted by Gasteiger charge is -2.16. The highest BCUT2D eigenvalue weighted by molar-refractivity contribution is 7.78. The molecule has 2 aromatic rings. The van der Waals surface area contributed by atoms with E-state index in [0.717, 1.165) is 0 Å². The third-order valence-corrected chi connectivity index (χ3v) is 5.48. The van der Waals surface area contributed by atoms with Gasteiger partial charge in [-0.05, 0) is 24.4 Å². The van der Waals surface area contributed by atoms with Crippen LogP contribution in [0, 0.1) is 0 Å². The second kappa shape index (κ2) is 6.33. The number of benzene rings is 2. The van der Waals surface area contributed by atoms with E-state index in [2.05, 4.69) is 31.8 Å². The lowest BCUT2D eigenvalue weighted by Crippen LogP contribution is -2.37. The van der Waals surface area contributed by atoms with Crippen LogP contribution < -0.4 is 9.92 Å². The average Bonchev–Trinajstić information content (AvgIpc) is 2.47. The van der Waals surface area contributed by atoms with Gasteiger partial charge in [-0.15, -0.1) is 0 Å². The number of carbonyl (C=O) groups excluding carboxylic acids is 1. The van der Waals surface area contributed by atoms with Crippen LogP contribution in [0.5, 0.6) is 5.75 Å². The van der Waals surface area contributed by atoms with Crippen LogP contribution in [0.15, 0.2) is 48.5 Å². The molecule has 0 atom stereocenters. The minimum absolute atomic E-state index is 0.0513. The minimum Gasteiger partial charge on any atom is -0.453 e. The van der Waals surface area contributed by atoms with E-state index in [1.165, 1.54) is 10.7 Å². The molecule has 0 saturated carbocycles. The van der Waals surface area contributed by atoms with E-state index in [0.29, 0.717) is 16.9 Å². The molecule has 0 spiro atoms. The molecule has 0 unspecified atom stereocenters. The molecule has 0 radical (unpaired) electrons. The SMILES string of the molecule is C[Si](C)(C)c1ccc(C(=O)c2ccccc2OC=S)cc1. The second-order valence-corrected chi connectivity index (χ2v) is 11.1. The molecule has 0 heterocycles. The Morgan fingerprint density at radius 2 is 1.67 bits per heavy atom. The molecule has 0 amide bonds. The van der Waals surface area contributed by atoms with Gasteiger partial charge in [-0.25, -0.2) is 0 Å². The Labute approximate surface area is 131 Å². The Morgan fingerprint density at radius 1 is 1.05 bits per heavy atom. The standard InChI is InChI=1S/C17H18O2SSi/c1-21(2,3)14-10-8-13(9-11-14)17(18)15-6-4-5-7-16(15)19-12-20/h4-12H,1-3H3. The van der Waals surface area contributed by atoms with E-state index >= 15 is 0 Å². The van der Waals surface area contributed by atoms with Gasteiger partial charge in [0.2, 0.25) is 0 Å². The average molecular weight is 314 g/mol. The van der Waals surface area contributed by atoms with Crippen LogP contribution >= 0.6 is 12.2 Å². The minimum atomic E-state index is -1.35. The van der Waals surface area contributed by atoms with Gasteiger partial charge in [0.15, 0.2) is 11.3 Å². The van der Waals surface area contributed by atoms with Crippen LogP contribution in [0.4, 0.5) is 0 Å². The number of hydrogen-bond donors (Lipinski definition) is 0. The van der Waals surface area contributed by atoms with Crippen LogP contribution in [0.25, 0.3) is 0 Å². The summed E-state index contributed by atoms with van der Waals surface area (Å²) in [6.45, 7) is 6.85. The smallest absolute Gasteiger partial charge is 0.196 e. The van der Waals surface area contributed by atoms with E-state index in [4.69, 9.17) is 17.0 Å². The molecule has 0 bridgehead atoms. The third kappa shape index (κ3) is 3.65. The van der Waals surface area contributed by atoms with Crippen molar-refractivity contribution >= 4 is 36.8 Å². The number of ketones is 1. The number of para-hydroxylation sites is 1. The van der Waals surface area contributed by atoms with Gasteiger partial charge in [0.05, 0.1) is 13.6 Å². The Kier molecular flexibility index (Phi) is 4.70. The lowest BCUT2D eigenvalue weighted by molar-refractivity contribution is 0.103. The highest BCUT2D eigenvalue weighted by Crippen LogP contribution is 2.21. The van der Waals surface area contributed by atoms with E-state index in [1.807, 2.05) is 24.3 Å². The van der Waals surface area contributed by atoms with Crippen molar-refractivity contribution in [1.82, 2.24) is 0 Å². The Morgan fingerprint density at radius 3 is 2.24 bits per heavy atom. The van der Waals surface area contributed by atoms with Gasteiger partial charge in [0.25, 0.3) is 0 Å². The zero-order chi connectivity index (χ0) is 15.5. The monoisotopic (exact) mass is 314 g/mol. The molecule has 21 heavy (non-hydrogen) atoms. The van der Waals surface area contributed by atoms with Gasteiger partial charge >= 0.3 is 0 Å². The predicted molar refractivity (Wildman–Crippen MR) is 93.6 cm³/mol. The highest BCUT2D eigenvalue weighted by Gasteiger charge is 2.18. The van der Waals surface area contributed by atoms with Crippen LogP contribution in [0.2, 0.25) is 19.6 Å². The van der Waals surface area contributed by atoms with E-state index in [9.17, 15) is 4.79 Å². The normalized spacial score (nSPS) is 11.0. The lowest BCUT2D eigenvalue weighted by atomic mass is 10.0. The summed E-state index contributed by atoms with van der Waals surface area (Å²) in [5.74, 6) is 0.441. The Bertz CT molecular complexity index is 657. The summed E-state index contributed by atoms with van der Waals surface area (Å²) in [6, 6.07) is 15.0. The largest absolute Gasteiger partial charge is 0.453 e. The summed E-state index contributed by atoms with van der Waals surface area (Å²) < 4.78 is 5.23. The van der Waals surface area contributed by atoms with Crippen LogP contribution in [-0.4, -0.2) is 19.4 Å². The number of thiocarbonyl (C=S) groups is 1. The summed E-state index contributed by atoms with van der Waals surface area (Å²) >= 11 is 4.70. The fourth-order valence-electron chi connectivity index (χ4n) is 2.09. The summed E-state index contributed by atoms with van der Waals surface area (Å²) in [4.78, 5) is 12.6. The van der Waals surface area contributed by atoms with Crippen molar-refractivity contribution in [3.63, 3.8) is 0 Å². The van der Waals surface area contributed by atoms with E-state index in [-0.39, 0.29) is 5.78 Å². The number of carbonyl (C=O) groups is 1. The molecule has 4 heteroatoms. The van der Waals surface area contributed by atoms with Crippen molar-refractivity contribution in [3.05, 3.63) is 59.7 Å². The Hall–Kier alpha value is -1.78. The van der Waals surface area contributed by atoms with Gasteiger partial charge < -0.3 is 4.74 Å². The van der Waals surface area contributed by atoms with Gasteiger partial charge in [0.1, 0.15) is 5.75 Å². The molecule has 0 saturated heterocycles. The predicted octanol–water partition coefficient (Wildman–Crippen LogP) is 3.80. The molecule has 0 aromatic heterocycles. The topological polar surface area (TPSA) is 26.3 Å². The van der Waals surface area contributed by atoms with Crippen LogP contribution in [0.3, 0.4) is 0 Å². The molecular formula is C17H18O2SSi. The third-order valence-electron chi connectivity index (χ3n) is 3.32. The quantitative estimate of drug-likeness (QED) is 0.477. The van der Waals surface area contributed by atoms with Gasteiger partial charge in [0, 0.05) is 5.56 Å². The van der Waals surface area contributed by atoms with Crippen molar-refractivity contribution in [2.75, 3.05) is 0 Å². The molecule has 2 nitrogen and oxygen atoms in total. The molecule has 0 aliphatic carbocycles. The molecule has 0 fully saturated rings. The van der Waals surface area contributed by atoms with Crippen molar-refractivity contribution in [1.29, 1.82) is 0 Å². The fraction of sp³-hybridized carbons (Fsp3) is 0.176. The van der Waals surface area contributed by atoms with Gasteiger partial charge in [-0.1, -0.05) is 61.2 Å². The van der Waals surface area contributed by atoms with Crippen molar-refractivity contribution in [2.45, 2.75) is 19.6 Å². The van der Waals surface area contributed by atoms with E-state index < -0.39 is 8.07 Å². The van der Waals surface area contributed by atoms with Crippen LogP contribution in [-0.2, 0) is 0 Å². The first-order chi connectivity index (χ1) is 9.93. The van der Waals surface area contributed by atoms with Crippen LogP contribution in [0.1, 0.15) is 15.9 Å². The first-order valence-corrected chi connectivity index (χ1v) is 10.7. The maximum atomic E-state index is 12.6. The summed E-state index contributed by atoms with van der Waals surface area (Å²) in [5.41, 5.74) is 2.36. The van der Waals surface area contributed by atoms with E-state index in [1.54, 1.807) is 12.1 Å². The number of rotatable bonds is 5.